The Morgan fingerprint density at radius 1 is 1.03 bits per heavy atom. The molecule has 10 heteroatoms. The number of hydrogen-bond donors (Lipinski definition) is 0. The molecule has 0 radical (unpaired) electrons. The molecule has 5 rings (SSSR count). The van der Waals surface area contributed by atoms with Crippen LogP contribution >= 0.6 is 11.3 Å². The van der Waals surface area contributed by atoms with Gasteiger partial charge >= 0.3 is 5.69 Å². The number of amides is 1. The second kappa shape index (κ2) is 11.3. The second-order valence-corrected chi connectivity index (χ2v) is 10.3. The van der Waals surface area contributed by atoms with Crippen LogP contribution in [0.1, 0.15) is 24.4 Å². The monoisotopic (exact) mass is 539 g/mol. The van der Waals surface area contributed by atoms with E-state index in [1.165, 1.54) is 16.7 Å². The highest BCUT2D eigenvalue weighted by Crippen LogP contribution is 2.27. The molecule has 1 aliphatic heterocycles. The summed E-state index contributed by atoms with van der Waals surface area (Å²) in [5.41, 5.74) is 1.32. The van der Waals surface area contributed by atoms with Gasteiger partial charge in [-0.15, -0.1) is 11.3 Å². The van der Waals surface area contributed by atoms with Gasteiger partial charge in [-0.2, -0.15) is 0 Å². The second-order valence-electron chi connectivity index (χ2n) is 9.32. The minimum Gasteiger partial charge on any atom is -0.485 e. The number of carbonyl (C=O) groups is 1. The third-order valence-corrected chi connectivity index (χ3v) is 7.82. The normalized spacial score (nSPS) is 14.3. The summed E-state index contributed by atoms with van der Waals surface area (Å²) in [6.07, 6.45) is 0.653. The van der Waals surface area contributed by atoms with Crippen LogP contribution in [0, 0.1) is 0 Å². The number of alkyl halides is 2. The number of thiophene rings is 1. The number of aromatic nitrogens is 2. The molecule has 0 atom stereocenters. The summed E-state index contributed by atoms with van der Waals surface area (Å²) in [6, 6.07) is 16.0. The number of halogens is 2. The molecule has 0 spiro atoms. The molecule has 2 aromatic heterocycles. The summed E-state index contributed by atoms with van der Waals surface area (Å²) in [4.78, 5) is 41.4. The van der Waals surface area contributed by atoms with Crippen molar-refractivity contribution in [3.8, 4) is 16.2 Å². The summed E-state index contributed by atoms with van der Waals surface area (Å²) in [7, 11) is 0. The number of rotatable bonds is 9. The van der Waals surface area contributed by atoms with E-state index < -0.39 is 30.7 Å². The van der Waals surface area contributed by atoms with Crippen molar-refractivity contribution in [2.45, 2.75) is 31.5 Å². The number of carbonyl (C=O) groups excluding carboxylic acids is 1. The van der Waals surface area contributed by atoms with E-state index in [-0.39, 0.29) is 23.7 Å². The minimum atomic E-state index is -1.27. The highest BCUT2D eigenvalue weighted by Gasteiger charge is 2.25. The SMILES string of the molecule is O=CN1CCC(n2c(=O)n(Cc3ccc(-c4cccs4)cc3)c(=O)c3cc(OC(CF)CF)ccc32)CC1. The average molecular weight is 540 g/mol. The summed E-state index contributed by atoms with van der Waals surface area (Å²) in [5.74, 6) is 0.155. The molecule has 2 aromatic carbocycles. The number of ether oxygens (including phenoxy) is 1. The first-order valence-corrected chi connectivity index (χ1v) is 13.3. The van der Waals surface area contributed by atoms with E-state index in [2.05, 4.69) is 0 Å². The van der Waals surface area contributed by atoms with Gasteiger partial charge in [0.2, 0.25) is 6.41 Å². The molecule has 0 aliphatic carbocycles. The van der Waals surface area contributed by atoms with E-state index in [0.29, 0.717) is 31.4 Å². The van der Waals surface area contributed by atoms with Crippen molar-refractivity contribution in [2.75, 3.05) is 26.4 Å². The number of likely N-dealkylation sites (tertiary alicyclic amines) is 1. The van der Waals surface area contributed by atoms with E-state index in [1.54, 1.807) is 26.9 Å². The zero-order valence-corrected chi connectivity index (χ0v) is 21.4. The molecule has 7 nitrogen and oxygen atoms in total. The molecular weight excluding hydrogens is 512 g/mol. The third kappa shape index (κ3) is 5.13. The first-order chi connectivity index (χ1) is 18.5. The molecule has 0 saturated carbocycles. The van der Waals surface area contributed by atoms with E-state index in [0.717, 1.165) is 22.4 Å². The van der Waals surface area contributed by atoms with Gasteiger partial charge in [-0.3, -0.25) is 18.7 Å². The van der Waals surface area contributed by atoms with Crippen LogP contribution in [0.3, 0.4) is 0 Å². The van der Waals surface area contributed by atoms with Crippen molar-refractivity contribution in [3.63, 3.8) is 0 Å². The molecule has 0 unspecified atom stereocenters. The predicted molar refractivity (Wildman–Crippen MR) is 144 cm³/mol. The molecule has 198 valence electrons. The summed E-state index contributed by atoms with van der Waals surface area (Å²) in [6.45, 7) is -0.944. The Hall–Kier alpha value is -3.79. The maximum absolute atomic E-state index is 13.8. The van der Waals surface area contributed by atoms with Gasteiger partial charge in [0.05, 0.1) is 17.4 Å². The summed E-state index contributed by atoms with van der Waals surface area (Å²) in [5, 5.41) is 2.23. The largest absolute Gasteiger partial charge is 0.485 e. The Kier molecular flexibility index (Phi) is 7.69. The lowest BCUT2D eigenvalue weighted by molar-refractivity contribution is -0.119. The molecule has 0 N–H and O–H groups in total. The highest BCUT2D eigenvalue weighted by molar-refractivity contribution is 7.13. The smallest absolute Gasteiger partial charge is 0.332 e. The molecule has 1 amide bonds. The van der Waals surface area contributed by atoms with Gasteiger partial charge in [-0.25, -0.2) is 13.6 Å². The molecule has 0 bridgehead atoms. The Morgan fingerprint density at radius 3 is 2.39 bits per heavy atom. The van der Waals surface area contributed by atoms with Gasteiger partial charge in [0.25, 0.3) is 5.56 Å². The van der Waals surface area contributed by atoms with Gasteiger partial charge in [0.15, 0.2) is 6.10 Å². The van der Waals surface area contributed by atoms with E-state index in [9.17, 15) is 23.2 Å². The number of fused-ring (bicyclic) bond motifs is 1. The summed E-state index contributed by atoms with van der Waals surface area (Å²) < 4.78 is 34.4. The lowest BCUT2D eigenvalue weighted by atomic mass is 10.0. The Balaban J connectivity index is 1.58. The van der Waals surface area contributed by atoms with Crippen LogP contribution in [-0.4, -0.2) is 53.0 Å². The Labute approximate surface area is 221 Å². The van der Waals surface area contributed by atoms with Crippen LogP contribution < -0.4 is 16.0 Å². The van der Waals surface area contributed by atoms with Crippen molar-refractivity contribution in [3.05, 3.63) is 86.4 Å². The van der Waals surface area contributed by atoms with Crippen molar-refractivity contribution < 1.29 is 18.3 Å². The topological polar surface area (TPSA) is 73.5 Å². The number of nitrogens with zero attached hydrogens (tertiary/aromatic N) is 3. The fraction of sp³-hybridized carbons (Fsp3) is 0.321. The van der Waals surface area contributed by atoms with Crippen molar-refractivity contribution in [1.29, 1.82) is 0 Å². The molecule has 1 saturated heterocycles. The van der Waals surface area contributed by atoms with Crippen molar-refractivity contribution in [2.24, 2.45) is 0 Å². The van der Waals surface area contributed by atoms with Crippen LogP contribution in [0.2, 0.25) is 0 Å². The molecular formula is C28H27F2N3O4S. The van der Waals surface area contributed by atoms with Gasteiger partial charge in [0.1, 0.15) is 19.1 Å². The van der Waals surface area contributed by atoms with E-state index >= 15 is 0 Å². The van der Waals surface area contributed by atoms with Gasteiger partial charge in [-0.05, 0) is 53.6 Å². The standard InChI is InChI=1S/C28H27F2N3O4S/c29-15-23(16-30)37-22-7-8-25-24(14-22)27(35)32(28(36)33(25)21-9-11-31(18-34)12-10-21)17-19-3-5-20(6-4-19)26-2-1-13-38-26/h1-8,13-14,18,21,23H,9-12,15-17H2. The van der Waals surface area contributed by atoms with Crippen molar-refractivity contribution >= 4 is 28.6 Å². The Morgan fingerprint density at radius 2 is 1.76 bits per heavy atom. The molecule has 38 heavy (non-hydrogen) atoms. The minimum absolute atomic E-state index is 0.0637. The van der Waals surface area contributed by atoms with Gasteiger partial charge < -0.3 is 9.64 Å². The van der Waals surface area contributed by atoms with Crippen LogP contribution in [0.5, 0.6) is 5.75 Å². The zero-order valence-electron chi connectivity index (χ0n) is 20.6. The lowest BCUT2D eigenvalue weighted by Crippen LogP contribution is -2.44. The van der Waals surface area contributed by atoms with Crippen LogP contribution in [-0.2, 0) is 11.3 Å². The van der Waals surface area contributed by atoms with Gasteiger partial charge in [-0.1, -0.05) is 30.3 Å². The quantitative estimate of drug-likeness (QED) is 0.295. The fourth-order valence-corrected chi connectivity index (χ4v) is 5.61. The molecule has 1 fully saturated rings. The average Bonchev–Trinajstić information content (AvgIpc) is 3.50. The van der Waals surface area contributed by atoms with Crippen LogP contribution in [0.25, 0.3) is 21.3 Å². The van der Waals surface area contributed by atoms with Gasteiger partial charge in [0, 0.05) is 24.0 Å². The zero-order chi connectivity index (χ0) is 26.6. The highest BCUT2D eigenvalue weighted by atomic mass is 32.1. The van der Waals surface area contributed by atoms with E-state index in [4.69, 9.17) is 4.74 Å². The summed E-state index contributed by atoms with van der Waals surface area (Å²) >= 11 is 1.63. The number of benzene rings is 2. The fourth-order valence-electron chi connectivity index (χ4n) is 4.87. The number of piperidine rings is 1. The lowest BCUT2D eigenvalue weighted by Gasteiger charge is -2.31. The van der Waals surface area contributed by atoms with Crippen LogP contribution in [0.15, 0.2) is 69.6 Å². The third-order valence-electron chi connectivity index (χ3n) is 6.90. The first-order valence-electron chi connectivity index (χ1n) is 12.4. The Bertz CT molecular complexity index is 1520. The molecule has 4 aromatic rings. The number of hydrogen-bond acceptors (Lipinski definition) is 5. The molecule has 3 heterocycles. The molecule has 1 aliphatic rings. The first kappa shape index (κ1) is 25.8. The van der Waals surface area contributed by atoms with Crippen molar-refractivity contribution in [1.82, 2.24) is 14.0 Å². The maximum Gasteiger partial charge on any atom is 0.332 e. The maximum atomic E-state index is 13.8. The van der Waals surface area contributed by atoms with Crippen LogP contribution in [0.4, 0.5) is 8.78 Å². The predicted octanol–water partition coefficient (Wildman–Crippen LogP) is 4.42. The van der Waals surface area contributed by atoms with E-state index in [1.807, 2.05) is 41.8 Å².